The fraction of sp³-hybridized carbons (Fsp3) is 0.400. The Morgan fingerprint density at radius 3 is 2.47 bits per heavy atom. The highest BCUT2D eigenvalue weighted by Gasteiger charge is 2.10. The van der Waals surface area contributed by atoms with Gasteiger partial charge in [0.15, 0.2) is 0 Å². The number of halogens is 2. The Hall–Kier alpha value is -0.320. The minimum Gasteiger partial charge on any atom is -0.395 e. The van der Waals surface area contributed by atoms with Crippen LogP contribution in [0.5, 0.6) is 0 Å². The van der Waals surface area contributed by atoms with Gasteiger partial charge < -0.3 is 15.5 Å². The summed E-state index contributed by atoms with van der Waals surface area (Å²) in [5.41, 5.74) is 0.848. The smallest absolute Gasteiger partial charge is 0.0626 e. The van der Waals surface area contributed by atoms with Crippen LogP contribution in [0.15, 0.2) is 18.2 Å². The first-order valence-electron chi connectivity index (χ1n) is 4.59. The van der Waals surface area contributed by atoms with Crippen LogP contribution in [0, 0.1) is 0 Å². The van der Waals surface area contributed by atoms with Crippen LogP contribution in [0.2, 0.25) is 10.0 Å². The van der Waals surface area contributed by atoms with Gasteiger partial charge in [0.05, 0.1) is 29.3 Å². The van der Waals surface area contributed by atoms with Crippen molar-refractivity contribution in [1.82, 2.24) is 5.32 Å². The Kier molecular flexibility index (Phi) is 5.36. The maximum atomic E-state index is 9.15. The minimum atomic E-state index is -0.230. The molecule has 0 aliphatic rings. The van der Waals surface area contributed by atoms with Gasteiger partial charge in [-0.3, -0.25) is 0 Å². The average molecular weight is 250 g/mol. The first-order chi connectivity index (χ1) is 7.19. The van der Waals surface area contributed by atoms with Crippen molar-refractivity contribution in [3.05, 3.63) is 33.8 Å². The van der Waals surface area contributed by atoms with Crippen LogP contribution >= 0.6 is 23.2 Å². The molecule has 0 heterocycles. The minimum absolute atomic E-state index is 0.0256. The van der Waals surface area contributed by atoms with Crippen LogP contribution in [0.3, 0.4) is 0 Å². The lowest BCUT2D eigenvalue weighted by atomic mass is 10.1. The van der Waals surface area contributed by atoms with E-state index in [0.29, 0.717) is 16.6 Å². The summed E-state index contributed by atoms with van der Waals surface area (Å²) >= 11 is 11.6. The number of aliphatic hydroxyl groups excluding tert-OH is 2. The van der Waals surface area contributed by atoms with E-state index in [0.717, 1.165) is 5.56 Å². The number of rotatable bonds is 5. The Morgan fingerprint density at radius 2 is 1.93 bits per heavy atom. The van der Waals surface area contributed by atoms with E-state index < -0.39 is 0 Å². The van der Waals surface area contributed by atoms with Crippen molar-refractivity contribution in [3.63, 3.8) is 0 Å². The Labute approximate surface area is 98.6 Å². The zero-order chi connectivity index (χ0) is 11.3. The molecule has 0 aliphatic heterocycles. The van der Waals surface area contributed by atoms with E-state index in [1.165, 1.54) is 0 Å². The largest absolute Gasteiger partial charge is 0.395 e. The zero-order valence-corrected chi connectivity index (χ0v) is 9.59. The second-order valence-corrected chi connectivity index (χ2v) is 3.90. The lowest BCUT2D eigenvalue weighted by Gasteiger charge is -2.16. The van der Waals surface area contributed by atoms with Gasteiger partial charge >= 0.3 is 0 Å². The average Bonchev–Trinajstić information content (AvgIpc) is 2.24. The summed E-state index contributed by atoms with van der Waals surface area (Å²) in [7, 11) is 0. The van der Waals surface area contributed by atoms with E-state index in [-0.39, 0.29) is 19.3 Å². The Morgan fingerprint density at radius 1 is 1.20 bits per heavy atom. The normalized spacial score (nSPS) is 12.8. The molecular formula is C10H13Cl2NO2. The first kappa shape index (κ1) is 12.7. The molecule has 1 atom stereocenters. The molecule has 0 saturated heterocycles. The fourth-order valence-corrected chi connectivity index (χ4v) is 1.56. The molecule has 84 valence electrons. The highest BCUT2D eigenvalue weighted by atomic mass is 35.5. The first-order valence-corrected chi connectivity index (χ1v) is 5.34. The summed E-state index contributed by atoms with van der Waals surface area (Å²) < 4.78 is 0. The molecule has 0 radical (unpaired) electrons. The van der Waals surface area contributed by atoms with Crippen LogP contribution in [-0.2, 0) is 0 Å². The number of benzene rings is 1. The van der Waals surface area contributed by atoms with Crippen molar-refractivity contribution >= 4 is 23.2 Å². The van der Waals surface area contributed by atoms with Gasteiger partial charge in [-0.1, -0.05) is 29.3 Å². The van der Waals surface area contributed by atoms with Crippen molar-refractivity contribution in [2.24, 2.45) is 0 Å². The van der Waals surface area contributed by atoms with E-state index >= 15 is 0 Å². The van der Waals surface area contributed by atoms with Gasteiger partial charge in [0.1, 0.15) is 0 Å². The zero-order valence-electron chi connectivity index (χ0n) is 8.08. The molecule has 0 aliphatic carbocycles. The monoisotopic (exact) mass is 249 g/mol. The van der Waals surface area contributed by atoms with Crippen molar-refractivity contribution in [1.29, 1.82) is 0 Å². The van der Waals surface area contributed by atoms with E-state index in [2.05, 4.69) is 5.32 Å². The summed E-state index contributed by atoms with van der Waals surface area (Å²) in [6.07, 6.45) is 0. The Bertz CT molecular complexity index is 320. The second-order valence-electron chi connectivity index (χ2n) is 3.09. The third kappa shape index (κ3) is 3.63. The van der Waals surface area contributed by atoms with Gasteiger partial charge in [-0.25, -0.2) is 0 Å². The van der Waals surface area contributed by atoms with Crippen LogP contribution in [-0.4, -0.2) is 30.0 Å². The van der Waals surface area contributed by atoms with E-state index in [1.807, 2.05) is 0 Å². The topological polar surface area (TPSA) is 52.5 Å². The quantitative estimate of drug-likeness (QED) is 0.744. The van der Waals surface area contributed by atoms with Crippen molar-refractivity contribution < 1.29 is 10.2 Å². The number of hydrogen-bond donors (Lipinski definition) is 3. The SMILES string of the molecule is OCCN[C@@H](CO)c1ccc(Cl)c(Cl)c1. The molecule has 0 unspecified atom stereocenters. The van der Waals surface area contributed by atoms with Gasteiger partial charge in [0.2, 0.25) is 0 Å². The fourth-order valence-electron chi connectivity index (χ4n) is 1.26. The number of aliphatic hydroxyl groups is 2. The van der Waals surface area contributed by atoms with E-state index in [9.17, 15) is 0 Å². The van der Waals surface area contributed by atoms with Crippen LogP contribution in [0.25, 0.3) is 0 Å². The molecule has 5 heteroatoms. The molecule has 1 aromatic rings. The predicted molar refractivity (Wildman–Crippen MR) is 61.4 cm³/mol. The summed E-state index contributed by atoms with van der Waals surface area (Å²) in [5, 5.41) is 21.7. The van der Waals surface area contributed by atoms with Gasteiger partial charge in [0.25, 0.3) is 0 Å². The second kappa shape index (κ2) is 6.30. The maximum Gasteiger partial charge on any atom is 0.0626 e. The molecule has 1 rings (SSSR count). The molecule has 0 saturated carbocycles. The molecule has 0 fully saturated rings. The predicted octanol–water partition coefficient (Wildman–Crippen LogP) is 1.61. The highest BCUT2D eigenvalue weighted by Crippen LogP contribution is 2.25. The third-order valence-electron chi connectivity index (χ3n) is 2.03. The molecule has 0 bridgehead atoms. The van der Waals surface area contributed by atoms with Crippen molar-refractivity contribution in [3.8, 4) is 0 Å². The van der Waals surface area contributed by atoms with Gasteiger partial charge in [-0.2, -0.15) is 0 Å². The summed E-state index contributed by atoms with van der Waals surface area (Å²) in [5.74, 6) is 0. The molecular weight excluding hydrogens is 237 g/mol. The van der Waals surface area contributed by atoms with Crippen LogP contribution in [0.1, 0.15) is 11.6 Å². The number of hydrogen-bond acceptors (Lipinski definition) is 3. The van der Waals surface area contributed by atoms with Gasteiger partial charge in [-0.15, -0.1) is 0 Å². The molecule has 0 amide bonds. The number of nitrogens with one attached hydrogen (secondary N) is 1. The molecule has 0 spiro atoms. The lowest BCUT2D eigenvalue weighted by Crippen LogP contribution is -2.27. The van der Waals surface area contributed by atoms with Crippen LogP contribution < -0.4 is 5.32 Å². The standard InChI is InChI=1S/C10H13Cl2NO2/c11-8-2-1-7(5-9(8)12)10(6-15)13-3-4-14/h1-2,5,10,13-15H,3-4,6H2/t10-/m0/s1. The molecule has 1 aromatic carbocycles. The Balaban J connectivity index is 2.78. The van der Waals surface area contributed by atoms with E-state index in [4.69, 9.17) is 33.4 Å². The molecule has 3 nitrogen and oxygen atoms in total. The molecule has 15 heavy (non-hydrogen) atoms. The van der Waals surface area contributed by atoms with E-state index in [1.54, 1.807) is 18.2 Å². The van der Waals surface area contributed by atoms with Crippen molar-refractivity contribution in [2.45, 2.75) is 6.04 Å². The van der Waals surface area contributed by atoms with Gasteiger partial charge in [0, 0.05) is 6.54 Å². The van der Waals surface area contributed by atoms with Crippen molar-refractivity contribution in [2.75, 3.05) is 19.8 Å². The highest BCUT2D eigenvalue weighted by molar-refractivity contribution is 6.42. The molecule has 3 N–H and O–H groups in total. The maximum absolute atomic E-state index is 9.15. The van der Waals surface area contributed by atoms with Crippen LogP contribution in [0.4, 0.5) is 0 Å². The molecule has 0 aromatic heterocycles. The third-order valence-corrected chi connectivity index (χ3v) is 2.77. The summed E-state index contributed by atoms with van der Waals surface area (Å²) in [6.45, 7) is 0.390. The van der Waals surface area contributed by atoms with Gasteiger partial charge in [-0.05, 0) is 17.7 Å². The summed E-state index contributed by atoms with van der Waals surface area (Å²) in [6, 6.07) is 4.95. The lowest BCUT2D eigenvalue weighted by molar-refractivity contribution is 0.227. The summed E-state index contributed by atoms with van der Waals surface area (Å²) in [4.78, 5) is 0.